The number of hydrogen-bond acceptors (Lipinski definition) is 3. The van der Waals surface area contributed by atoms with Crippen LogP contribution >= 0.6 is 27.5 Å². The molecule has 1 heterocycles. The molecule has 2 atom stereocenters. The van der Waals surface area contributed by atoms with Crippen LogP contribution in [0.15, 0.2) is 40.9 Å². The largest absolute Gasteiger partial charge is 0.497 e. The zero-order valence-electron chi connectivity index (χ0n) is 11.5. The van der Waals surface area contributed by atoms with Crippen LogP contribution < -0.4 is 15.2 Å². The third-order valence-electron chi connectivity index (χ3n) is 3.67. The Balaban J connectivity index is 1.92. The molecule has 110 valence electrons. The average molecular weight is 369 g/mol. The van der Waals surface area contributed by atoms with Crippen molar-refractivity contribution in [2.45, 2.75) is 18.6 Å². The Labute approximate surface area is 137 Å². The number of fused-ring (bicyclic) bond motifs is 1. The van der Waals surface area contributed by atoms with Crippen molar-refractivity contribution in [3.8, 4) is 11.5 Å². The minimum absolute atomic E-state index is 0.0868. The van der Waals surface area contributed by atoms with Gasteiger partial charge < -0.3 is 15.2 Å². The van der Waals surface area contributed by atoms with Crippen molar-refractivity contribution in [3.63, 3.8) is 0 Å². The minimum Gasteiger partial charge on any atom is -0.497 e. The molecular weight excluding hydrogens is 354 g/mol. The van der Waals surface area contributed by atoms with Gasteiger partial charge in [0.15, 0.2) is 0 Å². The predicted molar refractivity (Wildman–Crippen MR) is 87.1 cm³/mol. The zero-order valence-corrected chi connectivity index (χ0v) is 13.8. The van der Waals surface area contributed by atoms with Crippen molar-refractivity contribution < 1.29 is 9.47 Å². The molecule has 0 saturated carbocycles. The number of methoxy groups -OCH3 is 1. The average Bonchev–Trinajstić information content (AvgIpc) is 2.49. The monoisotopic (exact) mass is 367 g/mol. The minimum atomic E-state index is -0.0912. The maximum Gasteiger partial charge on any atom is 0.126 e. The van der Waals surface area contributed by atoms with Crippen LogP contribution in [0.1, 0.15) is 29.7 Å². The van der Waals surface area contributed by atoms with Gasteiger partial charge in [0, 0.05) is 22.5 Å². The summed E-state index contributed by atoms with van der Waals surface area (Å²) in [6.07, 6.45) is 0.615. The van der Waals surface area contributed by atoms with Gasteiger partial charge in [0.2, 0.25) is 0 Å². The zero-order chi connectivity index (χ0) is 15.0. The summed E-state index contributed by atoms with van der Waals surface area (Å²) < 4.78 is 12.2. The lowest BCUT2D eigenvalue weighted by Crippen LogP contribution is -2.24. The molecule has 3 rings (SSSR count). The smallest absolute Gasteiger partial charge is 0.126 e. The van der Waals surface area contributed by atoms with E-state index in [0.717, 1.165) is 27.1 Å². The fourth-order valence-corrected chi connectivity index (χ4v) is 2.96. The lowest BCUT2D eigenvalue weighted by molar-refractivity contribution is 0.161. The fraction of sp³-hybridized carbons (Fsp3) is 0.250. The Bertz CT molecular complexity index is 677. The predicted octanol–water partition coefficient (Wildman–Crippen LogP) is 4.63. The molecule has 0 radical (unpaired) electrons. The standard InChI is InChI=1S/C16H15BrClNO2/c1-20-10-3-5-15-11(7-10)14(19)8-16(21-15)9-2-4-12(17)13(18)6-9/h2-7,14,16H,8,19H2,1H3/t14-,16?/m0/s1. The summed E-state index contributed by atoms with van der Waals surface area (Å²) in [6, 6.07) is 11.5. The molecule has 2 aromatic rings. The van der Waals surface area contributed by atoms with E-state index in [9.17, 15) is 0 Å². The Kier molecular flexibility index (Phi) is 4.11. The summed E-state index contributed by atoms with van der Waals surface area (Å²) in [5, 5.41) is 0.671. The number of nitrogens with two attached hydrogens (primary N) is 1. The van der Waals surface area contributed by atoms with E-state index in [0.29, 0.717) is 11.4 Å². The van der Waals surface area contributed by atoms with Gasteiger partial charge in [0.25, 0.3) is 0 Å². The number of benzene rings is 2. The highest BCUT2D eigenvalue weighted by Crippen LogP contribution is 2.42. The van der Waals surface area contributed by atoms with Crippen LogP contribution in [0.3, 0.4) is 0 Å². The SMILES string of the molecule is COc1ccc2c(c1)[C@@H](N)CC(c1ccc(Br)c(Cl)c1)O2. The number of ether oxygens (including phenoxy) is 2. The Morgan fingerprint density at radius 1 is 1.29 bits per heavy atom. The Morgan fingerprint density at radius 2 is 2.10 bits per heavy atom. The first-order valence-electron chi connectivity index (χ1n) is 6.63. The number of hydrogen-bond donors (Lipinski definition) is 1. The van der Waals surface area contributed by atoms with Crippen LogP contribution in [0.4, 0.5) is 0 Å². The molecule has 0 amide bonds. The Morgan fingerprint density at radius 3 is 2.81 bits per heavy atom. The number of rotatable bonds is 2. The van der Waals surface area contributed by atoms with Gasteiger partial charge in [-0.05, 0) is 51.8 Å². The first-order valence-corrected chi connectivity index (χ1v) is 7.80. The molecule has 0 aromatic heterocycles. The van der Waals surface area contributed by atoms with Crippen LogP contribution in [0, 0.1) is 0 Å². The molecule has 3 nitrogen and oxygen atoms in total. The molecule has 0 fully saturated rings. The summed E-state index contributed by atoms with van der Waals surface area (Å²) in [7, 11) is 1.64. The molecule has 2 N–H and O–H groups in total. The number of halogens is 2. The van der Waals surface area contributed by atoms with Gasteiger partial charge in [0.05, 0.1) is 12.1 Å². The summed E-state index contributed by atoms with van der Waals surface area (Å²) in [5.74, 6) is 1.59. The van der Waals surface area contributed by atoms with E-state index >= 15 is 0 Å². The highest BCUT2D eigenvalue weighted by Gasteiger charge is 2.27. The van der Waals surface area contributed by atoms with Crippen molar-refractivity contribution in [3.05, 3.63) is 57.0 Å². The van der Waals surface area contributed by atoms with Crippen LogP contribution in [0.25, 0.3) is 0 Å². The van der Waals surface area contributed by atoms with Crippen LogP contribution in [0.5, 0.6) is 11.5 Å². The van der Waals surface area contributed by atoms with Gasteiger partial charge in [-0.15, -0.1) is 0 Å². The maximum atomic E-state index is 6.29. The first kappa shape index (κ1) is 14.7. The highest BCUT2D eigenvalue weighted by atomic mass is 79.9. The van der Waals surface area contributed by atoms with Crippen molar-refractivity contribution >= 4 is 27.5 Å². The summed E-state index contributed by atoms with van der Waals surface area (Å²) in [4.78, 5) is 0. The van der Waals surface area contributed by atoms with Crippen molar-refractivity contribution in [2.24, 2.45) is 5.73 Å². The molecule has 0 bridgehead atoms. The van der Waals surface area contributed by atoms with Gasteiger partial charge in [0.1, 0.15) is 17.6 Å². The Hall–Kier alpha value is -1.23. The van der Waals surface area contributed by atoms with E-state index in [1.807, 2.05) is 36.4 Å². The van der Waals surface area contributed by atoms with Gasteiger partial charge in [-0.2, -0.15) is 0 Å². The van der Waals surface area contributed by atoms with Gasteiger partial charge in [-0.25, -0.2) is 0 Å². The van der Waals surface area contributed by atoms with Crippen LogP contribution in [0.2, 0.25) is 5.02 Å². The summed E-state index contributed by atoms with van der Waals surface area (Å²) in [5.41, 5.74) is 8.30. The van der Waals surface area contributed by atoms with Gasteiger partial charge >= 0.3 is 0 Å². The van der Waals surface area contributed by atoms with Crippen LogP contribution in [-0.2, 0) is 0 Å². The second-order valence-corrected chi connectivity index (χ2v) is 6.29. The molecule has 5 heteroatoms. The van der Waals surface area contributed by atoms with E-state index in [-0.39, 0.29) is 12.1 Å². The quantitative estimate of drug-likeness (QED) is 0.840. The lowest BCUT2D eigenvalue weighted by atomic mass is 9.93. The summed E-state index contributed by atoms with van der Waals surface area (Å²) in [6.45, 7) is 0. The third-order valence-corrected chi connectivity index (χ3v) is 4.90. The second kappa shape index (κ2) is 5.87. The summed E-state index contributed by atoms with van der Waals surface area (Å²) >= 11 is 9.55. The van der Waals surface area contributed by atoms with E-state index < -0.39 is 0 Å². The fourth-order valence-electron chi connectivity index (χ4n) is 2.53. The molecule has 21 heavy (non-hydrogen) atoms. The molecule has 0 spiro atoms. The van der Waals surface area contributed by atoms with Crippen molar-refractivity contribution in [2.75, 3.05) is 7.11 Å². The lowest BCUT2D eigenvalue weighted by Gasteiger charge is -2.31. The van der Waals surface area contributed by atoms with Crippen molar-refractivity contribution in [1.82, 2.24) is 0 Å². The molecular formula is C16H15BrClNO2. The van der Waals surface area contributed by atoms with Crippen LogP contribution in [-0.4, -0.2) is 7.11 Å². The molecule has 0 aliphatic carbocycles. The molecule has 1 aliphatic rings. The topological polar surface area (TPSA) is 44.5 Å². The van der Waals surface area contributed by atoms with E-state index in [1.165, 1.54) is 0 Å². The molecule has 1 aliphatic heterocycles. The maximum absolute atomic E-state index is 6.29. The van der Waals surface area contributed by atoms with E-state index in [4.69, 9.17) is 26.8 Å². The molecule has 2 aromatic carbocycles. The second-order valence-electron chi connectivity index (χ2n) is 5.03. The van der Waals surface area contributed by atoms with E-state index in [2.05, 4.69) is 15.9 Å². The molecule has 1 unspecified atom stereocenters. The normalized spacial score (nSPS) is 20.6. The molecule has 0 saturated heterocycles. The first-order chi connectivity index (χ1) is 10.1. The van der Waals surface area contributed by atoms with Gasteiger partial charge in [-0.1, -0.05) is 17.7 Å². The van der Waals surface area contributed by atoms with Crippen molar-refractivity contribution in [1.29, 1.82) is 0 Å². The van der Waals surface area contributed by atoms with Gasteiger partial charge in [-0.3, -0.25) is 0 Å². The third kappa shape index (κ3) is 2.89. The highest BCUT2D eigenvalue weighted by molar-refractivity contribution is 9.10. The van der Waals surface area contributed by atoms with E-state index in [1.54, 1.807) is 7.11 Å².